The normalized spacial score (nSPS) is 13.4. The van der Waals surface area contributed by atoms with Gasteiger partial charge in [0.1, 0.15) is 0 Å². The average Bonchev–Trinajstić information content (AvgIpc) is 3.29. The van der Waals surface area contributed by atoms with E-state index in [0.29, 0.717) is 5.82 Å². The summed E-state index contributed by atoms with van der Waals surface area (Å²) in [5, 5.41) is 6.31. The first-order valence-corrected chi connectivity index (χ1v) is 19.1. The van der Waals surface area contributed by atoms with Crippen molar-refractivity contribution in [1.29, 1.82) is 0 Å². The lowest BCUT2D eigenvalue weighted by Gasteiger charge is -2.29. The van der Waals surface area contributed by atoms with E-state index in [2.05, 4.69) is 181 Å². The molecule has 2 heterocycles. The summed E-state index contributed by atoms with van der Waals surface area (Å²) in [6, 6.07) is 73.0. The molecule has 0 saturated heterocycles. The van der Waals surface area contributed by atoms with Crippen molar-refractivity contribution in [3.63, 3.8) is 0 Å². The van der Waals surface area contributed by atoms with E-state index in [9.17, 15) is 0 Å². The van der Waals surface area contributed by atoms with Crippen molar-refractivity contribution in [1.82, 2.24) is 9.97 Å². The molecule has 1 atom stereocenters. The second-order valence-corrected chi connectivity index (χ2v) is 14.2. The number of aromatic nitrogens is 2. The molecule has 0 spiro atoms. The summed E-state index contributed by atoms with van der Waals surface area (Å²) < 4.78 is 0. The molecule has 56 heavy (non-hydrogen) atoms. The number of hydrogen-bond donors (Lipinski definition) is 1. The Balaban J connectivity index is 1.01. The zero-order valence-corrected chi connectivity index (χ0v) is 30.7. The van der Waals surface area contributed by atoms with Crippen LogP contribution in [0.4, 0.5) is 5.69 Å². The standard InChI is InChI=1S/C53H37N3/c1-5-15-37(16-6-1)47-34-49(38-17-7-2-8-18-38)54-48-32-31-45-44(25-14-26-46(45)52(47)48)43-24-13-23-42(33-43)36-27-29-40(30-28-36)51-35-50(39-19-9-3-10-20-39)55-53(56-51)41-21-11-4-12-22-41/h1-35,49,54H. The maximum Gasteiger partial charge on any atom is 0.160 e. The van der Waals surface area contributed by atoms with E-state index in [0.717, 1.165) is 39.3 Å². The molecule has 0 saturated carbocycles. The van der Waals surface area contributed by atoms with Crippen LogP contribution in [0, 0.1) is 0 Å². The van der Waals surface area contributed by atoms with Crippen LogP contribution in [0.1, 0.15) is 22.7 Å². The number of anilines is 1. The molecular weight excluding hydrogens is 679 g/mol. The number of benzene rings is 8. The first-order valence-electron chi connectivity index (χ1n) is 19.1. The molecule has 1 N–H and O–H groups in total. The minimum Gasteiger partial charge on any atom is -0.374 e. The lowest BCUT2D eigenvalue weighted by Crippen LogP contribution is -2.15. The second-order valence-electron chi connectivity index (χ2n) is 14.2. The Morgan fingerprint density at radius 2 is 0.929 bits per heavy atom. The maximum atomic E-state index is 5.04. The number of hydrogen-bond acceptors (Lipinski definition) is 3. The molecule has 1 aromatic heterocycles. The van der Waals surface area contributed by atoms with Gasteiger partial charge in [-0.2, -0.15) is 0 Å². The lowest BCUT2D eigenvalue weighted by atomic mass is 9.85. The largest absolute Gasteiger partial charge is 0.374 e. The fraction of sp³-hybridized carbons (Fsp3) is 0.0189. The van der Waals surface area contributed by atoms with Gasteiger partial charge >= 0.3 is 0 Å². The van der Waals surface area contributed by atoms with Crippen molar-refractivity contribution in [2.75, 3.05) is 5.32 Å². The van der Waals surface area contributed by atoms with Crippen LogP contribution < -0.4 is 5.32 Å². The Morgan fingerprint density at radius 3 is 1.62 bits per heavy atom. The fourth-order valence-electron chi connectivity index (χ4n) is 7.95. The van der Waals surface area contributed by atoms with Gasteiger partial charge in [-0.15, -0.1) is 0 Å². The minimum atomic E-state index is 0.0776. The van der Waals surface area contributed by atoms with Crippen LogP contribution in [-0.2, 0) is 0 Å². The summed E-state index contributed by atoms with van der Waals surface area (Å²) >= 11 is 0. The van der Waals surface area contributed by atoms with Gasteiger partial charge < -0.3 is 5.32 Å². The first kappa shape index (κ1) is 33.2. The monoisotopic (exact) mass is 715 g/mol. The molecule has 8 aromatic carbocycles. The minimum absolute atomic E-state index is 0.0776. The highest BCUT2D eigenvalue weighted by Gasteiger charge is 2.24. The van der Waals surface area contributed by atoms with Crippen molar-refractivity contribution in [2.45, 2.75) is 6.04 Å². The first-order chi connectivity index (χ1) is 27.7. The Bertz CT molecular complexity index is 2790. The Labute approximate surface area is 327 Å². The zero-order valence-electron chi connectivity index (χ0n) is 30.7. The third-order valence-corrected chi connectivity index (χ3v) is 10.7. The molecule has 0 radical (unpaired) electrons. The fourth-order valence-corrected chi connectivity index (χ4v) is 7.95. The van der Waals surface area contributed by atoms with Gasteiger partial charge in [-0.05, 0) is 74.0 Å². The molecule has 1 aliphatic heterocycles. The van der Waals surface area contributed by atoms with E-state index in [1.165, 1.54) is 49.7 Å². The van der Waals surface area contributed by atoms with Crippen molar-refractivity contribution < 1.29 is 0 Å². The van der Waals surface area contributed by atoms with E-state index in [-0.39, 0.29) is 6.04 Å². The highest BCUT2D eigenvalue weighted by atomic mass is 14.9. The summed E-state index contributed by atoms with van der Waals surface area (Å²) in [4.78, 5) is 10.0. The van der Waals surface area contributed by atoms with Crippen molar-refractivity contribution in [2.24, 2.45) is 0 Å². The number of rotatable bonds is 7. The van der Waals surface area contributed by atoms with Crippen molar-refractivity contribution >= 4 is 22.0 Å². The van der Waals surface area contributed by atoms with E-state index in [1.54, 1.807) is 0 Å². The van der Waals surface area contributed by atoms with Gasteiger partial charge in [-0.25, -0.2) is 9.97 Å². The van der Waals surface area contributed by atoms with Gasteiger partial charge in [0.25, 0.3) is 0 Å². The molecule has 9 aromatic rings. The molecule has 10 rings (SSSR count). The van der Waals surface area contributed by atoms with E-state index in [1.807, 2.05) is 36.4 Å². The van der Waals surface area contributed by atoms with Crippen LogP contribution in [0.5, 0.6) is 0 Å². The van der Waals surface area contributed by atoms with Crippen LogP contribution in [0.2, 0.25) is 0 Å². The zero-order chi connectivity index (χ0) is 37.3. The number of nitrogens with zero attached hydrogens (tertiary/aromatic N) is 2. The predicted octanol–water partition coefficient (Wildman–Crippen LogP) is 13.6. The third-order valence-electron chi connectivity index (χ3n) is 10.7. The summed E-state index contributed by atoms with van der Waals surface area (Å²) in [5.41, 5.74) is 15.7. The van der Waals surface area contributed by atoms with E-state index in [4.69, 9.17) is 9.97 Å². The van der Waals surface area contributed by atoms with Gasteiger partial charge in [-0.1, -0.05) is 188 Å². The SMILES string of the molecule is C1=C(c2ccccc2)c2c(ccc3c(-c4cccc(-c5ccc(-c6cc(-c7ccccc7)nc(-c7ccccc7)n6)cc5)c4)cccc23)NC1c1ccccc1. The molecule has 3 heteroatoms. The molecule has 1 unspecified atom stereocenters. The van der Waals surface area contributed by atoms with Gasteiger partial charge in [0.2, 0.25) is 0 Å². The average molecular weight is 716 g/mol. The van der Waals surface area contributed by atoms with Crippen LogP contribution in [0.25, 0.3) is 72.5 Å². The van der Waals surface area contributed by atoms with Crippen LogP contribution >= 0.6 is 0 Å². The number of fused-ring (bicyclic) bond motifs is 3. The summed E-state index contributed by atoms with van der Waals surface area (Å²) in [5.74, 6) is 0.716. The van der Waals surface area contributed by atoms with Crippen LogP contribution in [-0.4, -0.2) is 9.97 Å². The van der Waals surface area contributed by atoms with Crippen LogP contribution in [0.3, 0.4) is 0 Å². The summed E-state index contributed by atoms with van der Waals surface area (Å²) in [6.45, 7) is 0. The molecule has 1 aliphatic rings. The molecule has 3 nitrogen and oxygen atoms in total. The smallest absolute Gasteiger partial charge is 0.160 e. The second kappa shape index (κ2) is 14.5. The van der Waals surface area contributed by atoms with E-state index < -0.39 is 0 Å². The Kier molecular flexibility index (Phi) is 8.58. The van der Waals surface area contributed by atoms with Crippen LogP contribution in [0.15, 0.2) is 212 Å². The molecular formula is C53H37N3. The Morgan fingerprint density at radius 1 is 0.375 bits per heavy atom. The predicted molar refractivity (Wildman–Crippen MR) is 233 cm³/mol. The maximum absolute atomic E-state index is 5.04. The third kappa shape index (κ3) is 6.36. The molecule has 0 aliphatic carbocycles. The van der Waals surface area contributed by atoms with Gasteiger partial charge in [0, 0.05) is 27.9 Å². The summed E-state index contributed by atoms with van der Waals surface area (Å²) in [7, 11) is 0. The molecule has 0 bridgehead atoms. The topological polar surface area (TPSA) is 37.8 Å². The lowest BCUT2D eigenvalue weighted by molar-refractivity contribution is 0.974. The van der Waals surface area contributed by atoms with Gasteiger partial charge in [-0.3, -0.25) is 0 Å². The highest BCUT2D eigenvalue weighted by Crippen LogP contribution is 2.44. The highest BCUT2D eigenvalue weighted by molar-refractivity contribution is 6.09. The van der Waals surface area contributed by atoms with Gasteiger partial charge in [0.15, 0.2) is 5.82 Å². The quantitative estimate of drug-likeness (QED) is 0.178. The van der Waals surface area contributed by atoms with Crippen molar-refractivity contribution in [3.05, 3.63) is 229 Å². The molecule has 264 valence electrons. The Hall–Kier alpha value is -7.36. The molecule has 0 fully saturated rings. The van der Waals surface area contributed by atoms with Gasteiger partial charge in [0.05, 0.1) is 17.4 Å². The van der Waals surface area contributed by atoms with E-state index >= 15 is 0 Å². The molecule has 0 amide bonds. The van der Waals surface area contributed by atoms with Crippen molar-refractivity contribution in [3.8, 4) is 56.2 Å². The number of nitrogens with one attached hydrogen (secondary N) is 1. The summed E-state index contributed by atoms with van der Waals surface area (Å²) in [6.07, 6.45) is 2.38.